The molecular formula is C65H127N2O7P. The van der Waals surface area contributed by atoms with Gasteiger partial charge in [-0.25, -0.2) is 0 Å². The Bertz CT molecular complexity index is 1340. The van der Waals surface area contributed by atoms with Crippen molar-refractivity contribution >= 4 is 19.7 Å². The fourth-order valence-electron chi connectivity index (χ4n) is 9.81. The van der Waals surface area contributed by atoms with Crippen LogP contribution >= 0.6 is 7.82 Å². The molecular weight excluding hydrogens is 952 g/mol. The number of amides is 1. The number of hydrogen-bond donors (Lipinski definition) is 1. The SMILES string of the molecule is CCCCCCCC/C=C/CCCCCCCCCCCCCCCC(=O)OC(/C=C/CCCCCCCCCCCCC)C(COP(=O)([O-])OCC[N+](C)(C)C)NC(=O)CCCCCCCCCCCCCCC. The maximum atomic E-state index is 13.5. The maximum Gasteiger partial charge on any atom is 0.306 e. The largest absolute Gasteiger partial charge is 0.756 e. The third-order valence-corrected chi connectivity index (χ3v) is 15.8. The number of esters is 1. The molecule has 0 radical (unpaired) electrons. The van der Waals surface area contributed by atoms with E-state index in [-0.39, 0.29) is 31.5 Å². The lowest BCUT2D eigenvalue weighted by Gasteiger charge is -2.30. The van der Waals surface area contributed by atoms with Crippen molar-refractivity contribution in [3.8, 4) is 0 Å². The minimum atomic E-state index is -4.69. The van der Waals surface area contributed by atoms with Gasteiger partial charge in [0.2, 0.25) is 5.91 Å². The van der Waals surface area contributed by atoms with Gasteiger partial charge in [0, 0.05) is 12.8 Å². The Balaban J connectivity index is 5.12. The number of allylic oxidation sites excluding steroid dienone is 3. The Labute approximate surface area is 466 Å². The van der Waals surface area contributed by atoms with Gasteiger partial charge in [-0.1, -0.05) is 283 Å². The van der Waals surface area contributed by atoms with E-state index < -0.39 is 20.0 Å². The lowest BCUT2D eigenvalue weighted by Crippen LogP contribution is -2.47. The number of nitrogens with zero attached hydrogens (tertiary/aromatic N) is 1. The van der Waals surface area contributed by atoms with Gasteiger partial charge >= 0.3 is 5.97 Å². The number of nitrogens with one attached hydrogen (secondary N) is 1. The molecule has 444 valence electrons. The first-order chi connectivity index (χ1) is 36.4. The predicted molar refractivity (Wildman–Crippen MR) is 321 cm³/mol. The summed E-state index contributed by atoms with van der Waals surface area (Å²) in [6.45, 7) is 6.89. The second kappa shape index (κ2) is 55.8. The average molecular weight is 1080 g/mol. The molecule has 1 amide bonds. The van der Waals surface area contributed by atoms with Crippen LogP contribution in [-0.2, 0) is 27.9 Å². The smallest absolute Gasteiger partial charge is 0.306 e. The summed E-state index contributed by atoms with van der Waals surface area (Å²) in [4.78, 5) is 40.0. The molecule has 0 spiro atoms. The summed E-state index contributed by atoms with van der Waals surface area (Å²) >= 11 is 0. The fourth-order valence-corrected chi connectivity index (χ4v) is 10.5. The number of carbonyl (C=O) groups excluding carboxylic acids is 2. The van der Waals surface area contributed by atoms with Crippen LogP contribution in [0.1, 0.15) is 329 Å². The number of phosphoric acid groups is 1. The van der Waals surface area contributed by atoms with Crippen molar-refractivity contribution in [1.82, 2.24) is 5.32 Å². The van der Waals surface area contributed by atoms with Gasteiger partial charge in [-0.2, -0.15) is 0 Å². The highest BCUT2D eigenvalue weighted by atomic mass is 31.2. The van der Waals surface area contributed by atoms with Gasteiger partial charge in [-0.05, 0) is 57.4 Å². The molecule has 0 saturated carbocycles. The summed E-state index contributed by atoms with van der Waals surface area (Å²) in [5.41, 5.74) is 0. The highest BCUT2D eigenvalue weighted by molar-refractivity contribution is 7.45. The van der Waals surface area contributed by atoms with Gasteiger partial charge in [0.25, 0.3) is 7.82 Å². The van der Waals surface area contributed by atoms with Crippen LogP contribution in [0.25, 0.3) is 0 Å². The highest BCUT2D eigenvalue weighted by Gasteiger charge is 2.27. The van der Waals surface area contributed by atoms with E-state index in [1.807, 2.05) is 33.3 Å². The molecule has 0 saturated heterocycles. The number of rotatable bonds is 60. The third-order valence-electron chi connectivity index (χ3n) is 14.9. The maximum absolute atomic E-state index is 13.5. The Morgan fingerprint density at radius 1 is 0.453 bits per heavy atom. The summed E-state index contributed by atoms with van der Waals surface area (Å²) in [5, 5.41) is 3.04. The van der Waals surface area contributed by atoms with Crippen LogP contribution in [0.5, 0.6) is 0 Å². The normalized spacial score (nSPS) is 13.7. The lowest BCUT2D eigenvalue weighted by molar-refractivity contribution is -0.870. The minimum Gasteiger partial charge on any atom is -0.756 e. The molecule has 0 aromatic heterocycles. The van der Waals surface area contributed by atoms with Gasteiger partial charge < -0.3 is 28.5 Å². The van der Waals surface area contributed by atoms with Crippen molar-refractivity contribution in [2.75, 3.05) is 40.9 Å². The van der Waals surface area contributed by atoms with Gasteiger partial charge in [-0.3, -0.25) is 14.2 Å². The first-order valence-electron chi connectivity index (χ1n) is 32.6. The van der Waals surface area contributed by atoms with Crippen LogP contribution in [0.3, 0.4) is 0 Å². The molecule has 0 aromatic carbocycles. The Hall–Kier alpha value is -1.51. The average Bonchev–Trinajstić information content (AvgIpc) is 3.37. The van der Waals surface area contributed by atoms with Crippen molar-refractivity contribution < 1.29 is 37.3 Å². The molecule has 0 fully saturated rings. The zero-order valence-corrected chi connectivity index (χ0v) is 51.7. The van der Waals surface area contributed by atoms with E-state index in [1.54, 1.807) is 0 Å². The number of phosphoric ester groups is 1. The molecule has 75 heavy (non-hydrogen) atoms. The van der Waals surface area contributed by atoms with Crippen LogP contribution in [0, 0.1) is 0 Å². The van der Waals surface area contributed by atoms with Crippen molar-refractivity contribution in [3.63, 3.8) is 0 Å². The van der Waals surface area contributed by atoms with Crippen LogP contribution in [-0.4, -0.2) is 69.4 Å². The van der Waals surface area contributed by atoms with E-state index in [1.165, 1.54) is 238 Å². The van der Waals surface area contributed by atoms with E-state index in [2.05, 4.69) is 38.2 Å². The van der Waals surface area contributed by atoms with E-state index >= 15 is 0 Å². The van der Waals surface area contributed by atoms with Gasteiger partial charge in [0.05, 0.1) is 33.8 Å². The molecule has 0 aliphatic heterocycles. The Morgan fingerprint density at radius 2 is 0.773 bits per heavy atom. The lowest BCUT2D eigenvalue weighted by atomic mass is 10.0. The molecule has 0 aliphatic carbocycles. The first kappa shape index (κ1) is 73.5. The standard InChI is InChI=1S/C65H127N2O7P/c1-7-10-13-16-19-22-25-28-29-30-31-32-33-34-35-36-37-40-43-46-49-52-55-58-65(69)74-63(56-53-50-47-44-41-38-26-23-20-17-14-11-8-2)62(61-73-75(70,71)72-60-59-67(4,5)6)66-64(68)57-54-51-48-45-42-39-27-24-21-18-15-12-9-3/h28-29,53,56,62-63H,7-27,30-52,54-55,57-61H2,1-6H3,(H-,66,68,70,71)/b29-28+,56-53+. The molecule has 3 unspecified atom stereocenters. The number of hydrogen-bond acceptors (Lipinski definition) is 7. The number of ether oxygens (including phenoxy) is 1. The van der Waals surface area contributed by atoms with Crippen molar-refractivity contribution in [2.45, 2.75) is 341 Å². The van der Waals surface area contributed by atoms with Gasteiger partial charge in [0.15, 0.2) is 0 Å². The predicted octanol–water partition coefficient (Wildman–Crippen LogP) is 19.5. The number of carbonyl (C=O) groups is 2. The van der Waals surface area contributed by atoms with E-state index in [0.717, 1.165) is 57.8 Å². The molecule has 1 N–H and O–H groups in total. The molecule has 0 aliphatic rings. The molecule has 10 heteroatoms. The van der Waals surface area contributed by atoms with E-state index in [4.69, 9.17) is 13.8 Å². The number of likely N-dealkylation sites (N-methyl/N-ethyl adjacent to an activating group) is 1. The summed E-state index contributed by atoms with van der Waals surface area (Å²) in [6, 6.07) is -0.881. The van der Waals surface area contributed by atoms with Crippen LogP contribution < -0.4 is 10.2 Å². The summed E-state index contributed by atoms with van der Waals surface area (Å²) < 4.78 is 30.4. The van der Waals surface area contributed by atoms with Crippen molar-refractivity contribution in [1.29, 1.82) is 0 Å². The molecule has 3 atom stereocenters. The number of quaternary nitrogens is 1. The van der Waals surface area contributed by atoms with Gasteiger partial charge in [-0.15, -0.1) is 0 Å². The van der Waals surface area contributed by atoms with Crippen LogP contribution in [0.2, 0.25) is 0 Å². The number of unbranched alkanes of at least 4 members (excludes halogenated alkanes) is 42. The third kappa shape index (κ3) is 57.0. The molecule has 0 aromatic rings. The van der Waals surface area contributed by atoms with Crippen LogP contribution in [0.15, 0.2) is 24.3 Å². The Kier molecular flexibility index (Phi) is 54.7. The topological polar surface area (TPSA) is 114 Å². The monoisotopic (exact) mass is 1080 g/mol. The summed E-state index contributed by atoms with van der Waals surface area (Å²) in [5.74, 6) is -0.523. The minimum absolute atomic E-state index is 0.0182. The molecule has 9 nitrogen and oxygen atoms in total. The summed E-state index contributed by atoms with van der Waals surface area (Å²) in [7, 11) is 1.20. The van der Waals surface area contributed by atoms with Gasteiger partial charge in [0.1, 0.15) is 19.3 Å². The molecule has 0 heterocycles. The van der Waals surface area contributed by atoms with Crippen LogP contribution in [0.4, 0.5) is 0 Å². The highest BCUT2D eigenvalue weighted by Crippen LogP contribution is 2.38. The second-order valence-electron chi connectivity index (χ2n) is 23.6. The summed E-state index contributed by atoms with van der Waals surface area (Å²) in [6.07, 6.45) is 65.7. The molecule has 0 rings (SSSR count). The fraction of sp³-hybridized carbons (Fsp3) is 0.908. The Morgan fingerprint density at radius 3 is 1.13 bits per heavy atom. The zero-order chi connectivity index (χ0) is 55.0. The molecule has 0 bridgehead atoms. The van der Waals surface area contributed by atoms with Crippen molar-refractivity contribution in [3.05, 3.63) is 24.3 Å². The first-order valence-corrected chi connectivity index (χ1v) is 34.1. The van der Waals surface area contributed by atoms with E-state index in [0.29, 0.717) is 17.4 Å². The zero-order valence-electron chi connectivity index (χ0n) is 50.8. The van der Waals surface area contributed by atoms with E-state index in [9.17, 15) is 19.0 Å². The second-order valence-corrected chi connectivity index (χ2v) is 25.0. The van der Waals surface area contributed by atoms with Crippen molar-refractivity contribution in [2.24, 2.45) is 0 Å². The quantitative estimate of drug-likeness (QED) is 0.0212.